The van der Waals surface area contributed by atoms with Crippen molar-refractivity contribution in [1.82, 2.24) is 10.2 Å². The van der Waals surface area contributed by atoms with E-state index in [1.807, 2.05) is 0 Å². The fraction of sp³-hybridized carbons (Fsp3) is 0.727. The summed E-state index contributed by atoms with van der Waals surface area (Å²) in [7, 11) is 1.54. The molecule has 2 heterocycles. The van der Waals surface area contributed by atoms with Crippen molar-refractivity contribution in [2.45, 2.75) is 25.8 Å². The molecule has 2 rings (SSSR count). The zero-order chi connectivity index (χ0) is 12.4. The molecule has 0 spiro atoms. The molecule has 0 bridgehead atoms. The molecule has 0 saturated carbocycles. The van der Waals surface area contributed by atoms with Gasteiger partial charge in [-0.3, -0.25) is 19.5 Å². The summed E-state index contributed by atoms with van der Waals surface area (Å²) in [5.74, 6) is 1.38. The average molecular weight is 255 g/mol. The molecule has 0 aromatic heterocycles. The molecular formula is C11H17N3O2S. The lowest BCUT2D eigenvalue weighted by molar-refractivity contribution is -0.147. The number of aliphatic imine (C=N–C) groups is 1. The number of nitrogens with zero attached hydrogens (tertiary/aromatic N) is 2. The van der Waals surface area contributed by atoms with Gasteiger partial charge >= 0.3 is 0 Å². The first kappa shape index (κ1) is 12.4. The van der Waals surface area contributed by atoms with Gasteiger partial charge in [-0.05, 0) is 12.3 Å². The van der Waals surface area contributed by atoms with Crippen LogP contribution in [0.15, 0.2) is 4.99 Å². The monoisotopic (exact) mass is 255 g/mol. The zero-order valence-electron chi connectivity index (χ0n) is 10.1. The number of nitrogens with one attached hydrogen (secondary N) is 1. The number of carbonyl (C=O) groups excluding carboxylic acids is 2. The van der Waals surface area contributed by atoms with Gasteiger partial charge in [-0.2, -0.15) is 0 Å². The van der Waals surface area contributed by atoms with Crippen LogP contribution in [0, 0.1) is 5.92 Å². The molecular weight excluding hydrogens is 238 g/mol. The number of likely N-dealkylation sites (tertiary alicyclic amines) is 1. The molecule has 0 aromatic carbocycles. The molecule has 2 amide bonds. The van der Waals surface area contributed by atoms with Gasteiger partial charge in [0.25, 0.3) is 5.91 Å². The molecule has 2 aliphatic rings. The number of carbonyl (C=O) groups is 2. The number of hydrogen-bond acceptors (Lipinski definition) is 5. The first-order valence-corrected chi connectivity index (χ1v) is 6.80. The third-order valence-electron chi connectivity index (χ3n) is 3.00. The Bertz CT molecular complexity index is 370. The van der Waals surface area contributed by atoms with E-state index in [9.17, 15) is 9.59 Å². The Kier molecular flexibility index (Phi) is 3.71. The lowest BCUT2D eigenvalue weighted by Crippen LogP contribution is -2.52. The van der Waals surface area contributed by atoms with E-state index in [1.54, 1.807) is 11.8 Å². The normalized spacial score (nSPS) is 30.2. The van der Waals surface area contributed by atoms with Gasteiger partial charge in [0.2, 0.25) is 5.91 Å². The minimum Gasteiger partial charge on any atom is -0.353 e. The number of imide groups is 1. The van der Waals surface area contributed by atoms with Crippen LogP contribution < -0.4 is 5.32 Å². The van der Waals surface area contributed by atoms with E-state index in [4.69, 9.17) is 0 Å². The highest BCUT2D eigenvalue weighted by Crippen LogP contribution is 2.18. The van der Waals surface area contributed by atoms with Gasteiger partial charge in [0.15, 0.2) is 5.17 Å². The van der Waals surface area contributed by atoms with Crippen molar-refractivity contribution in [3.05, 3.63) is 0 Å². The maximum atomic E-state index is 11.9. The number of thioether (sulfide) groups is 1. The van der Waals surface area contributed by atoms with Gasteiger partial charge in [-0.25, -0.2) is 0 Å². The van der Waals surface area contributed by atoms with Crippen LogP contribution in [0.25, 0.3) is 0 Å². The topological polar surface area (TPSA) is 61.8 Å². The number of rotatable bonds is 1. The van der Waals surface area contributed by atoms with Crippen molar-refractivity contribution in [2.75, 3.05) is 19.3 Å². The number of likely N-dealkylation sites (N-methyl/N-ethyl adjacent to an activating group) is 1. The molecule has 0 aromatic rings. The van der Waals surface area contributed by atoms with Crippen LogP contribution in [-0.2, 0) is 9.59 Å². The van der Waals surface area contributed by atoms with E-state index in [1.165, 1.54) is 11.9 Å². The molecule has 6 heteroatoms. The van der Waals surface area contributed by atoms with Gasteiger partial charge in [-0.15, -0.1) is 0 Å². The molecule has 1 saturated heterocycles. The molecule has 17 heavy (non-hydrogen) atoms. The van der Waals surface area contributed by atoms with Gasteiger partial charge in [0.1, 0.15) is 6.04 Å². The van der Waals surface area contributed by atoms with Gasteiger partial charge in [0.05, 0.1) is 0 Å². The highest BCUT2D eigenvalue weighted by atomic mass is 32.2. The predicted octanol–water partition coefficient (Wildman–Crippen LogP) is 0.462. The molecule has 2 unspecified atom stereocenters. The van der Waals surface area contributed by atoms with Crippen LogP contribution >= 0.6 is 11.8 Å². The fourth-order valence-electron chi connectivity index (χ4n) is 1.84. The van der Waals surface area contributed by atoms with Crippen LogP contribution in [0.3, 0.4) is 0 Å². The van der Waals surface area contributed by atoms with Crippen molar-refractivity contribution < 1.29 is 9.59 Å². The average Bonchev–Trinajstić information content (AvgIpc) is 2.33. The van der Waals surface area contributed by atoms with Crippen molar-refractivity contribution >= 4 is 28.7 Å². The lowest BCUT2D eigenvalue weighted by Gasteiger charge is -2.30. The standard InChI is InChI=1S/C11H17N3O2S/c1-7-5-12-11(17-6-7)13-8-3-4-9(15)14(2)10(8)16/h7-8H,3-6H2,1-2H3,(H,12,13). The summed E-state index contributed by atoms with van der Waals surface area (Å²) >= 11 is 1.65. The Morgan fingerprint density at radius 1 is 1.47 bits per heavy atom. The summed E-state index contributed by atoms with van der Waals surface area (Å²) in [6, 6.07) is -0.294. The maximum Gasteiger partial charge on any atom is 0.251 e. The summed E-state index contributed by atoms with van der Waals surface area (Å²) in [4.78, 5) is 28.8. The van der Waals surface area contributed by atoms with Crippen LogP contribution in [0.4, 0.5) is 0 Å². The molecule has 2 aliphatic heterocycles. The summed E-state index contributed by atoms with van der Waals surface area (Å²) in [5, 5.41) is 3.99. The Morgan fingerprint density at radius 3 is 2.88 bits per heavy atom. The Labute approximate surface area is 105 Å². The summed E-state index contributed by atoms with van der Waals surface area (Å²) in [5.41, 5.74) is 0. The lowest BCUT2D eigenvalue weighted by atomic mass is 10.1. The second-order valence-corrected chi connectivity index (χ2v) is 5.60. The first-order chi connectivity index (χ1) is 8.08. The number of hydrogen-bond donors (Lipinski definition) is 1. The van der Waals surface area contributed by atoms with E-state index in [0.717, 1.165) is 17.5 Å². The van der Waals surface area contributed by atoms with Crippen LogP contribution in [-0.4, -0.2) is 47.3 Å². The molecule has 5 nitrogen and oxygen atoms in total. The zero-order valence-corrected chi connectivity index (χ0v) is 10.9. The van der Waals surface area contributed by atoms with Gasteiger partial charge in [-0.1, -0.05) is 18.7 Å². The van der Waals surface area contributed by atoms with E-state index < -0.39 is 0 Å². The summed E-state index contributed by atoms with van der Waals surface area (Å²) in [6.45, 7) is 2.97. The summed E-state index contributed by atoms with van der Waals surface area (Å²) < 4.78 is 0. The number of amidine groups is 1. The number of amides is 2. The predicted molar refractivity (Wildman–Crippen MR) is 67.9 cm³/mol. The van der Waals surface area contributed by atoms with E-state index in [2.05, 4.69) is 17.2 Å². The molecule has 1 fully saturated rings. The summed E-state index contributed by atoms with van der Waals surface area (Å²) in [6.07, 6.45) is 0.991. The minimum atomic E-state index is -0.294. The van der Waals surface area contributed by atoms with E-state index >= 15 is 0 Å². The number of piperidine rings is 1. The SMILES string of the molecule is CC1CN=C(NC2CCC(=O)N(C)C2=O)SC1. The van der Waals surface area contributed by atoms with Crippen molar-refractivity contribution in [1.29, 1.82) is 0 Å². The highest BCUT2D eigenvalue weighted by molar-refractivity contribution is 8.13. The van der Waals surface area contributed by atoms with Crippen molar-refractivity contribution in [3.63, 3.8) is 0 Å². The van der Waals surface area contributed by atoms with Crippen LogP contribution in [0.2, 0.25) is 0 Å². The third kappa shape index (κ3) is 2.80. The quantitative estimate of drug-likeness (QED) is 0.692. The second kappa shape index (κ2) is 5.08. The van der Waals surface area contributed by atoms with Crippen molar-refractivity contribution in [3.8, 4) is 0 Å². The Hall–Kier alpha value is -1.04. The van der Waals surface area contributed by atoms with E-state index in [0.29, 0.717) is 18.8 Å². The molecule has 1 N–H and O–H groups in total. The maximum absolute atomic E-state index is 11.9. The smallest absolute Gasteiger partial charge is 0.251 e. The first-order valence-electron chi connectivity index (χ1n) is 5.82. The Morgan fingerprint density at radius 2 is 2.24 bits per heavy atom. The van der Waals surface area contributed by atoms with E-state index in [-0.39, 0.29) is 17.9 Å². The Balaban J connectivity index is 1.95. The minimum absolute atomic E-state index is 0.0973. The highest BCUT2D eigenvalue weighted by Gasteiger charge is 2.32. The van der Waals surface area contributed by atoms with Crippen molar-refractivity contribution in [2.24, 2.45) is 10.9 Å². The largest absolute Gasteiger partial charge is 0.353 e. The molecule has 2 atom stereocenters. The van der Waals surface area contributed by atoms with Crippen LogP contribution in [0.5, 0.6) is 0 Å². The molecule has 94 valence electrons. The van der Waals surface area contributed by atoms with Crippen LogP contribution in [0.1, 0.15) is 19.8 Å². The fourth-order valence-corrected chi connectivity index (χ4v) is 2.78. The third-order valence-corrected chi connectivity index (χ3v) is 4.25. The van der Waals surface area contributed by atoms with Gasteiger partial charge in [0, 0.05) is 25.8 Å². The molecule has 0 radical (unpaired) electrons. The van der Waals surface area contributed by atoms with Gasteiger partial charge < -0.3 is 5.32 Å². The molecule has 0 aliphatic carbocycles. The second-order valence-electron chi connectivity index (χ2n) is 4.59.